The third kappa shape index (κ3) is 3.78. The van der Waals surface area contributed by atoms with Crippen LogP contribution in [0.25, 0.3) is 11.6 Å². The summed E-state index contributed by atoms with van der Waals surface area (Å²) >= 11 is 5.98. The number of carbonyl (C=O) groups is 1. The highest BCUT2D eigenvalue weighted by Crippen LogP contribution is 2.36. The van der Waals surface area contributed by atoms with Crippen LogP contribution in [0.5, 0.6) is 11.5 Å². The van der Waals surface area contributed by atoms with Crippen LogP contribution in [-0.2, 0) is 9.53 Å². The molecule has 1 aliphatic heterocycles. The SMILES string of the molecule is COCCOc1ccc(/C=C2/C(=O)Nc3cc(Cl)ccc32)cc1OC. The van der Waals surface area contributed by atoms with E-state index in [0.717, 1.165) is 16.8 Å². The van der Waals surface area contributed by atoms with Crippen molar-refractivity contribution >= 4 is 34.8 Å². The fraction of sp³-hybridized carbons (Fsp3) is 0.211. The molecule has 0 saturated heterocycles. The topological polar surface area (TPSA) is 56.8 Å². The molecule has 0 spiro atoms. The Morgan fingerprint density at radius 3 is 2.68 bits per heavy atom. The van der Waals surface area contributed by atoms with Gasteiger partial charge in [-0.25, -0.2) is 0 Å². The predicted octanol–water partition coefficient (Wildman–Crippen LogP) is 3.87. The Hall–Kier alpha value is -2.50. The highest BCUT2D eigenvalue weighted by atomic mass is 35.5. The zero-order valence-corrected chi connectivity index (χ0v) is 14.7. The van der Waals surface area contributed by atoms with Crippen molar-refractivity contribution in [2.75, 3.05) is 32.8 Å². The Morgan fingerprint density at radius 2 is 1.92 bits per heavy atom. The molecular formula is C19H18ClNO4. The van der Waals surface area contributed by atoms with E-state index in [0.29, 0.717) is 35.3 Å². The average Bonchev–Trinajstić information content (AvgIpc) is 2.90. The third-order valence-corrected chi connectivity index (χ3v) is 4.04. The van der Waals surface area contributed by atoms with Gasteiger partial charge in [0.15, 0.2) is 11.5 Å². The van der Waals surface area contributed by atoms with Crippen LogP contribution >= 0.6 is 11.6 Å². The minimum absolute atomic E-state index is 0.156. The third-order valence-electron chi connectivity index (χ3n) is 3.81. The van der Waals surface area contributed by atoms with Gasteiger partial charge in [-0.3, -0.25) is 4.79 Å². The lowest BCUT2D eigenvalue weighted by atomic mass is 10.0. The molecule has 0 radical (unpaired) electrons. The molecular weight excluding hydrogens is 342 g/mol. The van der Waals surface area contributed by atoms with E-state index in [4.69, 9.17) is 25.8 Å². The number of rotatable bonds is 6. The molecule has 130 valence electrons. The van der Waals surface area contributed by atoms with Gasteiger partial charge in [-0.2, -0.15) is 0 Å². The molecule has 0 aromatic heterocycles. The molecule has 1 amide bonds. The van der Waals surface area contributed by atoms with Gasteiger partial charge in [0, 0.05) is 23.3 Å². The summed E-state index contributed by atoms with van der Waals surface area (Å²) in [7, 11) is 3.20. The van der Waals surface area contributed by atoms with E-state index in [1.54, 1.807) is 26.4 Å². The molecule has 6 heteroatoms. The first-order valence-electron chi connectivity index (χ1n) is 7.75. The summed E-state index contributed by atoms with van der Waals surface area (Å²) in [6, 6.07) is 10.9. The van der Waals surface area contributed by atoms with Gasteiger partial charge < -0.3 is 19.5 Å². The average molecular weight is 360 g/mol. The predicted molar refractivity (Wildman–Crippen MR) is 98.3 cm³/mol. The minimum atomic E-state index is -0.156. The number of benzene rings is 2. The van der Waals surface area contributed by atoms with Crippen LogP contribution in [-0.4, -0.2) is 33.3 Å². The molecule has 0 atom stereocenters. The van der Waals surface area contributed by atoms with Crippen LogP contribution in [0.15, 0.2) is 36.4 Å². The quantitative estimate of drug-likeness (QED) is 0.628. The number of hydrogen-bond donors (Lipinski definition) is 1. The molecule has 0 saturated carbocycles. The number of ether oxygens (including phenoxy) is 3. The molecule has 3 rings (SSSR count). The van der Waals surface area contributed by atoms with Crippen LogP contribution < -0.4 is 14.8 Å². The highest BCUT2D eigenvalue weighted by molar-refractivity contribution is 6.36. The van der Waals surface area contributed by atoms with E-state index >= 15 is 0 Å². The van der Waals surface area contributed by atoms with E-state index in [1.807, 2.05) is 30.3 Å². The van der Waals surface area contributed by atoms with Crippen LogP contribution in [0.2, 0.25) is 5.02 Å². The Balaban J connectivity index is 1.90. The maximum atomic E-state index is 12.3. The van der Waals surface area contributed by atoms with Crippen molar-refractivity contribution in [3.63, 3.8) is 0 Å². The Bertz CT molecular complexity index is 832. The molecule has 1 aliphatic rings. The van der Waals surface area contributed by atoms with Crippen LogP contribution in [0.4, 0.5) is 5.69 Å². The first-order chi connectivity index (χ1) is 12.1. The van der Waals surface area contributed by atoms with E-state index in [1.165, 1.54) is 0 Å². The van der Waals surface area contributed by atoms with Gasteiger partial charge in [0.2, 0.25) is 0 Å². The number of fused-ring (bicyclic) bond motifs is 1. The zero-order chi connectivity index (χ0) is 17.8. The molecule has 2 aromatic carbocycles. The normalized spacial score (nSPS) is 14.4. The van der Waals surface area contributed by atoms with Crippen molar-refractivity contribution in [3.8, 4) is 11.5 Å². The summed E-state index contributed by atoms with van der Waals surface area (Å²) in [6.07, 6.45) is 1.82. The molecule has 5 nitrogen and oxygen atoms in total. The second kappa shape index (κ2) is 7.59. The smallest absolute Gasteiger partial charge is 0.256 e. The summed E-state index contributed by atoms with van der Waals surface area (Å²) in [5.74, 6) is 1.07. The molecule has 2 aromatic rings. The van der Waals surface area contributed by atoms with E-state index in [-0.39, 0.29) is 5.91 Å². The number of anilines is 1. The first kappa shape index (κ1) is 17.3. The minimum Gasteiger partial charge on any atom is -0.493 e. The summed E-state index contributed by atoms with van der Waals surface area (Å²) in [4.78, 5) is 12.3. The Morgan fingerprint density at radius 1 is 1.08 bits per heavy atom. The van der Waals surface area contributed by atoms with Crippen LogP contribution in [0, 0.1) is 0 Å². The second-order valence-electron chi connectivity index (χ2n) is 5.45. The second-order valence-corrected chi connectivity index (χ2v) is 5.89. The van der Waals surface area contributed by atoms with E-state index in [9.17, 15) is 4.79 Å². The van der Waals surface area contributed by atoms with Crippen molar-refractivity contribution in [1.82, 2.24) is 0 Å². The van der Waals surface area contributed by atoms with Crippen molar-refractivity contribution in [2.24, 2.45) is 0 Å². The van der Waals surface area contributed by atoms with Crippen LogP contribution in [0.1, 0.15) is 11.1 Å². The number of carbonyl (C=O) groups excluding carboxylic acids is 1. The number of halogens is 1. The number of amides is 1. The largest absolute Gasteiger partial charge is 0.493 e. The fourth-order valence-corrected chi connectivity index (χ4v) is 2.78. The van der Waals surface area contributed by atoms with Crippen molar-refractivity contribution in [2.45, 2.75) is 0 Å². The van der Waals surface area contributed by atoms with Gasteiger partial charge >= 0.3 is 0 Å². The molecule has 0 unspecified atom stereocenters. The van der Waals surface area contributed by atoms with Gasteiger partial charge in [-0.05, 0) is 35.9 Å². The van der Waals surface area contributed by atoms with Crippen LogP contribution in [0.3, 0.4) is 0 Å². The van der Waals surface area contributed by atoms with Gasteiger partial charge in [0.05, 0.1) is 19.4 Å². The summed E-state index contributed by atoms with van der Waals surface area (Å²) in [6.45, 7) is 0.929. The Kier molecular flexibility index (Phi) is 5.26. The van der Waals surface area contributed by atoms with Crippen molar-refractivity contribution < 1.29 is 19.0 Å². The lowest BCUT2D eigenvalue weighted by Gasteiger charge is -2.11. The molecule has 1 N–H and O–H groups in total. The molecule has 1 heterocycles. The van der Waals surface area contributed by atoms with Crippen molar-refractivity contribution in [1.29, 1.82) is 0 Å². The van der Waals surface area contributed by atoms with E-state index < -0.39 is 0 Å². The summed E-state index contributed by atoms with van der Waals surface area (Å²) in [5, 5.41) is 3.40. The maximum Gasteiger partial charge on any atom is 0.256 e. The molecule has 0 aliphatic carbocycles. The monoisotopic (exact) mass is 359 g/mol. The standard InChI is InChI=1S/C19H18ClNO4/c1-23-7-8-25-17-6-3-12(10-18(17)24-2)9-15-14-5-4-13(20)11-16(14)21-19(15)22/h3-6,9-11H,7-8H2,1-2H3,(H,21,22)/b15-9+. The molecule has 0 bridgehead atoms. The maximum absolute atomic E-state index is 12.3. The number of nitrogens with one attached hydrogen (secondary N) is 1. The molecule has 25 heavy (non-hydrogen) atoms. The number of methoxy groups -OCH3 is 2. The zero-order valence-electron chi connectivity index (χ0n) is 14.0. The lowest BCUT2D eigenvalue weighted by molar-refractivity contribution is -0.110. The first-order valence-corrected chi connectivity index (χ1v) is 8.13. The summed E-state index contributed by atoms with van der Waals surface area (Å²) < 4.78 is 16.0. The fourth-order valence-electron chi connectivity index (χ4n) is 2.60. The van der Waals surface area contributed by atoms with Gasteiger partial charge in [0.25, 0.3) is 5.91 Å². The number of hydrogen-bond acceptors (Lipinski definition) is 4. The van der Waals surface area contributed by atoms with E-state index in [2.05, 4.69) is 5.32 Å². The Labute approximate surface area is 151 Å². The summed E-state index contributed by atoms with van der Waals surface area (Å²) in [5.41, 5.74) is 2.97. The highest BCUT2D eigenvalue weighted by Gasteiger charge is 2.24. The molecule has 0 fully saturated rings. The van der Waals surface area contributed by atoms with Gasteiger partial charge in [-0.1, -0.05) is 23.7 Å². The van der Waals surface area contributed by atoms with Crippen molar-refractivity contribution in [3.05, 3.63) is 52.5 Å². The van der Waals surface area contributed by atoms with Gasteiger partial charge in [0.1, 0.15) is 6.61 Å². The lowest BCUT2D eigenvalue weighted by Crippen LogP contribution is -2.05. The van der Waals surface area contributed by atoms with Gasteiger partial charge in [-0.15, -0.1) is 0 Å².